The van der Waals surface area contributed by atoms with Crippen LogP contribution in [-0.2, 0) is 9.47 Å². The van der Waals surface area contributed by atoms with Gasteiger partial charge in [-0.15, -0.1) is 0 Å². The Hall–Kier alpha value is -0.200. The molecule has 2 aliphatic rings. The Kier molecular flexibility index (Phi) is 2.60. The van der Waals surface area contributed by atoms with Crippen molar-refractivity contribution in [2.75, 3.05) is 6.61 Å². The van der Waals surface area contributed by atoms with E-state index in [1.807, 2.05) is 0 Å². The molecule has 2 fully saturated rings. The lowest BCUT2D eigenvalue weighted by Crippen LogP contribution is -2.59. The van der Waals surface area contributed by atoms with E-state index in [9.17, 15) is 15.3 Å². The zero-order valence-electron chi connectivity index (χ0n) is 9.93. The molecule has 5 nitrogen and oxygen atoms in total. The molecule has 4 atom stereocenters. The van der Waals surface area contributed by atoms with Crippen LogP contribution in [0.5, 0.6) is 0 Å². The van der Waals surface area contributed by atoms with Crippen LogP contribution >= 0.6 is 0 Å². The van der Waals surface area contributed by atoms with Gasteiger partial charge in [-0.3, -0.25) is 0 Å². The Morgan fingerprint density at radius 1 is 1.19 bits per heavy atom. The van der Waals surface area contributed by atoms with Gasteiger partial charge in [0.05, 0.1) is 23.9 Å². The highest BCUT2D eigenvalue weighted by molar-refractivity contribution is 5.06. The molecule has 5 heteroatoms. The van der Waals surface area contributed by atoms with Gasteiger partial charge in [-0.1, -0.05) is 0 Å². The second kappa shape index (κ2) is 3.40. The van der Waals surface area contributed by atoms with Gasteiger partial charge in [-0.2, -0.15) is 0 Å². The monoisotopic (exact) mass is 232 g/mol. The molecule has 0 unspecified atom stereocenters. The molecule has 94 valence electrons. The van der Waals surface area contributed by atoms with Gasteiger partial charge in [0.2, 0.25) is 0 Å². The number of hydrogen-bond donors (Lipinski definition) is 3. The Bertz CT molecular complexity index is 288. The molecule has 1 saturated carbocycles. The van der Waals surface area contributed by atoms with Gasteiger partial charge in [0.25, 0.3) is 0 Å². The van der Waals surface area contributed by atoms with Crippen LogP contribution < -0.4 is 0 Å². The summed E-state index contributed by atoms with van der Waals surface area (Å²) in [6.07, 6.45) is -0.449. The summed E-state index contributed by atoms with van der Waals surface area (Å²) in [6, 6.07) is 0. The number of rotatable bonds is 1. The molecule has 0 spiro atoms. The van der Waals surface area contributed by atoms with Crippen molar-refractivity contribution in [3.05, 3.63) is 0 Å². The van der Waals surface area contributed by atoms with Crippen molar-refractivity contribution >= 4 is 0 Å². The summed E-state index contributed by atoms with van der Waals surface area (Å²) < 4.78 is 11.3. The first kappa shape index (κ1) is 12.3. The molecule has 1 heterocycles. The maximum atomic E-state index is 10.3. The molecular weight excluding hydrogens is 212 g/mol. The molecule has 0 aromatic rings. The van der Waals surface area contributed by atoms with Crippen molar-refractivity contribution in [1.82, 2.24) is 0 Å². The Balaban J connectivity index is 2.24. The minimum Gasteiger partial charge on any atom is -0.393 e. The van der Waals surface area contributed by atoms with Crippen LogP contribution in [0.1, 0.15) is 33.6 Å². The van der Waals surface area contributed by atoms with Gasteiger partial charge in [0.1, 0.15) is 6.10 Å². The number of aliphatic hydroxyl groups is 3. The topological polar surface area (TPSA) is 79.2 Å². The quantitative estimate of drug-likeness (QED) is 0.582. The van der Waals surface area contributed by atoms with Crippen LogP contribution in [0.3, 0.4) is 0 Å². The van der Waals surface area contributed by atoms with Gasteiger partial charge < -0.3 is 24.8 Å². The fraction of sp³-hybridized carbons (Fsp3) is 1.00. The molecule has 1 saturated heterocycles. The zero-order valence-corrected chi connectivity index (χ0v) is 9.93. The molecular formula is C11H20O5. The largest absolute Gasteiger partial charge is 0.393 e. The molecule has 0 radical (unpaired) electrons. The van der Waals surface area contributed by atoms with E-state index in [2.05, 4.69) is 0 Å². The molecule has 0 aromatic heterocycles. The van der Waals surface area contributed by atoms with E-state index in [0.29, 0.717) is 0 Å². The van der Waals surface area contributed by atoms with Gasteiger partial charge >= 0.3 is 0 Å². The van der Waals surface area contributed by atoms with E-state index in [4.69, 9.17) is 9.47 Å². The van der Waals surface area contributed by atoms with Gasteiger partial charge in [-0.05, 0) is 20.8 Å². The van der Waals surface area contributed by atoms with Crippen LogP contribution in [0.25, 0.3) is 0 Å². The summed E-state index contributed by atoms with van der Waals surface area (Å²) in [7, 11) is 0. The minimum absolute atomic E-state index is 0.0944. The van der Waals surface area contributed by atoms with Crippen LogP contribution in [0.15, 0.2) is 0 Å². The van der Waals surface area contributed by atoms with Crippen molar-refractivity contribution in [1.29, 1.82) is 0 Å². The predicted octanol–water partition coefficient (Wildman–Crippen LogP) is -0.225. The van der Waals surface area contributed by atoms with E-state index >= 15 is 0 Å². The minimum atomic E-state index is -1.28. The van der Waals surface area contributed by atoms with Crippen molar-refractivity contribution in [3.8, 4) is 0 Å². The maximum absolute atomic E-state index is 10.3. The Morgan fingerprint density at radius 2 is 1.81 bits per heavy atom. The zero-order chi connectivity index (χ0) is 12.2. The number of hydrogen-bond acceptors (Lipinski definition) is 5. The highest BCUT2D eigenvalue weighted by Crippen LogP contribution is 2.45. The number of aliphatic hydroxyl groups excluding tert-OH is 1. The third-order valence-electron chi connectivity index (χ3n) is 3.36. The first-order valence-electron chi connectivity index (χ1n) is 5.59. The molecule has 0 amide bonds. The standard InChI is InChI=1S/C11H20O5/c1-9(2)15-7-4-11(14,6-12)5-10(3,13)8(7)16-9/h7-8,12-14H,4-6H2,1-3H3/t7-,8-,10+,11+/m1/s1. The lowest BCUT2D eigenvalue weighted by atomic mass is 9.73. The molecule has 1 aliphatic carbocycles. The molecule has 0 bridgehead atoms. The summed E-state index contributed by atoms with van der Waals surface area (Å²) >= 11 is 0. The summed E-state index contributed by atoms with van der Waals surface area (Å²) in [6.45, 7) is 4.78. The first-order chi connectivity index (χ1) is 7.18. The van der Waals surface area contributed by atoms with Crippen molar-refractivity contribution in [3.63, 3.8) is 0 Å². The normalized spacial score (nSPS) is 51.4. The van der Waals surface area contributed by atoms with Crippen LogP contribution in [0.4, 0.5) is 0 Å². The second-order valence-corrected chi connectivity index (χ2v) is 5.72. The van der Waals surface area contributed by atoms with E-state index in [0.717, 1.165) is 0 Å². The molecule has 2 rings (SSSR count). The highest BCUT2D eigenvalue weighted by Gasteiger charge is 2.58. The third-order valence-corrected chi connectivity index (χ3v) is 3.36. The van der Waals surface area contributed by atoms with Gasteiger partial charge in [0, 0.05) is 12.8 Å². The lowest BCUT2D eigenvalue weighted by molar-refractivity contribution is -0.184. The Labute approximate surface area is 95.0 Å². The third kappa shape index (κ3) is 1.98. The first-order valence-corrected chi connectivity index (χ1v) is 5.59. The van der Waals surface area contributed by atoms with Crippen LogP contribution in [0.2, 0.25) is 0 Å². The van der Waals surface area contributed by atoms with Gasteiger partial charge in [0.15, 0.2) is 5.79 Å². The average Bonchev–Trinajstić information content (AvgIpc) is 2.39. The number of fused-ring (bicyclic) bond motifs is 1. The predicted molar refractivity (Wildman–Crippen MR) is 55.7 cm³/mol. The summed E-state index contributed by atoms with van der Waals surface area (Å²) in [5, 5.41) is 29.5. The highest BCUT2D eigenvalue weighted by atomic mass is 16.8. The number of ether oxygens (including phenoxy) is 2. The van der Waals surface area contributed by atoms with Crippen LogP contribution in [0, 0.1) is 0 Å². The van der Waals surface area contributed by atoms with Crippen molar-refractivity contribution in [2.24, 2.45) is 0 Å². The van der Waals surface area contributed by atoms with Crippen molar-refractivity contribution in [2.45, 2.75) is 62.8 Å². The molecule has 0 aromatic carbocycles. The molecule has 1 aliphatic heterocycles. The lowest BCUT2D eigenvalue weighted by Gasteiger charge is -2.44. The Morgan fingerprint density at radius 3 is 2.38 bits per heavy atom. The van der Waals surface area contributed by atoms with E-state index < -0.39 is 23.1 Å². The van der Waals surface area contributed by atoms with E-state index in [1.54, 1.807) is 20.8 Å². The fourth-order valence-corrected chi connectivity index (χ4v) is 2.85. The second-order valence-electron chi connectivity index (χ2n) is 5.72. The van der Waals surface area contributed by atoms with E-state index in [1.165, 1.54) is 0 Å². The summed E-state index contributed by atoms with van der Waals surface area (Å²) in [5.74, 6) is -0.750. The van der Waals surface area contributed by atoms with E-state index in [-0.39, 0.29) is 25.6 Å². The fourth-order valence-electron chi connectivity index (χ4n) is 2.85. The van der Waals surface area contributed by atoms with Crippen LogP contribution in [-0.4, -0.2) is 51.1 Å². The summed E-state index contributed by atoms with van der Waals surface area (Å²) in [4.78, 5) is 0. The SMILES string of the molecule is CC1(C)O[C@@H]2[C@@H](C[C@@](O)(CO)C[C@]2(C)O)O1. The average molecular weight is 232 g/mol. The van der Waals surface area contributed by atoms with Gasteiger partial charge in [-0.25, -0.2) is 0 Å². The molecule has 16 heavy (non-hydrogen) atoms. The maximum Gasteiger partial charge on any atom is 0.163 e. The summed E-state index contributed by atoms with van der Waals surface area (Å²) in [5.41, 5.74) is -2.47. The molecule has 3 N–H and O–H groups in total. The van der Waals surface area contributed by atoms with Crippen molar-refractivity contribution < 1.29 is 24.8 Å². The smallest absolute Gasteiger partial charge is 0.163 e.